The molecular weight excluding hydrogens is 162 g/mol. The molecule has 0 saturated carbocycles. The standard InChI is InChI=1S/C10H11N3/c1-2-10-12-11-8-13(10)9-6-4-3-5-7-9/h3-8H,2H2,1H3. The maximum Gasteiger partial charge on any atom is 0.137 e. The summed E-state index contributed by atoms with van der Waals surface area (Å²) in [6.45, 7) is 2.07. The normalized spacial score (nSPS) is 10.2. The van der Waals surface area contributed by atoms with Crippen LogP contribution in [0.5, 0.6) is 0 Å². The van der Waals surface area contributed by atoms with Crippen molar-refractivity contribution in [3.63, 3.8) is 0 Å². The molecule has 0 spiro atoms. The highest BCUT2D eigenvalue weighted by atomic mass is 15.3. The van der Waals surface area contributed by atoms with Gasteiger partial charge in [-0.1, -0.05) is 25.1 Å². The molecular formula is C10H11N3. The van der Waals surface area contributed by atoms with Crippen molar-refractivity contribution in [2.45, 2.75) is 13.3 Å². The lowest BCUT2D eigenvalue weighted by Gasteiger charge is -2.03. The van der Waals surface area contributed by atoms with E-state index in [9.17, 15) is 0 Å². The summed E-state index contributed by atoms with van der Waals surface area (Å²) in [5.41, 5.74) is 1.12. The minimum Gasteiger partial charge on any atom is -0.286 e. The Morgan fingerprint density at radius 1 is 1.23 bits per heavy atom. The third-order valence-electron chi connectivity index (χ3n) is 1.97. The van der Waals surface area contributed by atoms with Crippen molar-refractivity contribution < 1.29 is 0 Å². The molecule has 3 heteroatoms. The van der Waals surface area contributed by atoms with Gasteiger partial charge in [0.1, 0.15) is 12.2 Å². The molecule has 0 aliphatic carbocycles. The van der Waals surface area contributed by atoms with E-state index in [-0.39, 0.29) is 0 Å². The first-order valence-corrected chi connectivity index (χ1v) is 4.36. The maximum atomic E-state index is 4.02. The lowest BCUT2D eigenvalue weighted by molar-refractivity contribution is 0.883. The van der Waals surface area contributed by atoms with E-state index < -0.39 is 0 Å². The van der Waals surface area contributed by atoms with Gasteiger partial charge in [0.15, 0.2) is 0 Å². The van der Waals surface area contributed by atoms with Crippen molar-refractivity contribution in [3.8, 4) is 5.69 Å². The van der Waals surface area contributed by atoms with Gasteiger partial charge in [-0.3, -0.25) is 4.57 Å². The quantitative estimate of drug-likeness (QED) is 0.693. The monoisotopic (exact) mass is 173 g/mol. The van der Waals surface area contributed by atoms with Crippen LogP contribution in [0.15, 0.2) is 36.7 Å². The maximum absolute atomic E-state index is 4.02. The van der Waals surface area contributed by atoms with Crippen LogP contribution in [-0.4, -0.2) is 14.8 Å². The molecule has 2 aromatic rings. The highest BCUT2D eigenvalue weighted by Crippen LogP contribution is 2.08. The Bertz CT molecular complexity index is 378. The van der Waals surface area contributed by atoms with Crippen LogP contribution in [-0.2, 0) is 6.42 Å². The largest absolute Gasteiger partial charge is 0.286 e. The Kier molecular flexibility index (Phi) is 2.08. The lowest BCUT2D eigenvalue weighted by atomic mass is 10.3. The number of rotatable bonds is 2. The van der Waals surface area contributed by atoms with Gasteiger partial charge in [-0.05, 0) is 12.1 Å². The van der Waals surface area contributed by atoms with E-state index in [2.05, 4.69) is 17.1 Å². The van der Waals surface area contributed by atoms with Gasteiger partial charge in [0.25, 0.3) is 0 Å². The number of benzene rings is 1. The summed E-state index contributed by atoms with van der Waals surface area (Å²) in [7, 11) is 0. The molecule has 0 aliphatic rings. The SMILES string of the molecule is CCc1nncn1-c1ccccc1. The van der Waals surface area contributed by atoms with Gasteiger partial charge in [0, 0.05) is 12.1 Å². The van der Waals surface area contributed by atoms with Crippen molar-refractivity contribution in [1.29, 1.82) is 0 Å². The first-order chi connectivity index (χ1) is 6.42. The van der Waals surface area contributed by atoms with Crippen molar-refractivity contribution >= 4 is 0 Å². The van der Waals surface area contributed by atoms with Gasteiger partial charge in [-0.2, -0.15) is 0 Å². The van der Waals surface area contributed by atoms with Gasteiger partial charge in [0.05, 0.1) is 0 Å². The summed E-state index contributed by atoms with van der Waals surface area (Å²) in [5, 5.41) is 7.91. The third-order valence-corrected chi connectivity index (χ3v) is 1.97. The Morgan fingerprint density at radius 3 is 2.69 bits per heavy atom. The van der Waals surface area contributed by atoms with E-state index in [1.807, 2.05) is 34.9 Å². The van der Waals surface area contributed by atoms with Crippen LogP contribution in [0.2, 0.25) is 0 Å². The molecule has 0 unspecified atom stereocenters. The van der Waals surface area contributed by atoms with Crippen LogP contribution in [0.1, 0.15) is 12.7 Å². The summed E-state index contributed by atoms with van der Waals surface area (Å²) < 4.78 is 2.00. The first kappa shape index (κ1) is 7.98. The molecule has 13 heavy (non-hydrogen) atoms. The summed E-state index contributed by atoms with van der Waals surface area (Å²) in [5.74, 6) is 0.992. The minimum atomic E-state index is 0.898. The van der Waals surface area contributed by atoms with E-state index in [0.29, 0.717) is 0 Å². The minimum absolute atomic E-state index is 0.898. The predicted molar refractivity (Wildman–Crippen MR) is 50.7 cm³/mol. The van der Waals surface area contributed by atoms with E-state index in [0.717, 1.165) is 17.9 Å². The summed E-state index contributed by atoms with van der Waals surface area (Å²) in [4.78, 5) is 0. The summed E-state index contributed by atoms with van der Waals surface area (Å²) in [6.07, 6.45) is 2.64. The zero-order valence-corrected chi connectivity index (χ0v) is 7.51. The number of para-hydroxylation sites is 1. The molecule has 0 N–H and O–H groups in total. The van der Waals surface area contributed by atoms with E-state index in [1.165, 1.54) is 0 Å². The van der Waals surface area contributed by atoms with E-state index in [1.54, 1.807) is 6.33 Å². The van der Waals surface area contributed by atoms with Crippen molar-refractivity contribution in [2.75, 3.05) is 0 Å². The lowest BCUT2D eigenvalue weighted by Crippen LogP contribution is -1.97. The number of aromatic nitrogens is 3. The fraction of sp³-hybridized carbons (Fsp3) is 0.200. The average molecular weight is 173 g/mol. The Morgan fingerprint density at radius 2 is 2.00 bits per heavy atom. The molecule has 1 aromatic carbocycles. The molecule has 1 aromatic heterocycles. The average Bonchev–Trinajstić information content (AvgIpc) is 2.67. The second-order valence-electron chi connectivity index (χ2n) is 2.81. The van der Waals surface area contributed by atoms with Crippen LogP contribution in [0, 0.1) is 0 Å². The van der Waals surface area contributed by atoms with Crippen molar-refractivity contribution in [1.82, 2.24) is 14.8 Å². The second kappa shape index (κ2) is 3.39. The second-order valence-corrected chi connectivity index (χ2v) is 2.81. The molecule has 3 nitrogen and oxygen atoms in total. The topological polar surface area (TPSA) is 30.7 Å². The van der Waals surface area contributed by atoms with Crippen LogP contribution < -0.4 is 0 Å². The summed E-state index contributed by atoms with van der Waals surface area (Å²) >= 11 is 0. The third kappa shape index (κ3) is 1.45. The molecule has 0 aliphatic heterocycles. The molecule has 0 saturated heterocycles. The van der Waals surface area contributed by atoms with Gasteiger partial charge in [-0.15, -0.1) is 10.2 Å². The molecule has 0 fully saturated rings. The van der Waals surface area contributed by atoms with Crippen molar-refractivity contribution in [2.24, 2.45) is 0 Å². The molecule has 2 rings (SSSR count). The summed E-state index contributed by atoms with van der Waals surface area (Å²) in [6, 6.07) is 10.1. The fourth-order valence-corrected chi connectivity index (χ4v) is 1.30. The molecule has 0 radical (unpaired) electrons. The van der Waals surface area contributed by atoms with E-state index >= 15 is 0 Å². The Balaban J connectivity index is 2.47. The zero-order valence-electron chi connectivity index (χ0n) is 7.51. The Hall–Kier alpha value is -1.64. The van der Waals surface area contributed by atoms with Crippen LogP contribution >= 0.6 is 0 Å². The predicted octanol–water partition coefficient (Wildman–Crippen LogP) is 1.83. The first-order valence-electron chi connectivity index (χ1n) is 4.36. The van der Waals surface area contributed by atoms with Gasteiger partial charge in [0.2, 0.25) is 0 Å². The Labute approximate surface area is 77.0 Å². The molecule has 0 bridgehead atoms. The highest BCUT2D eigenvalue weighted by molar-refractivity contribution is 5.31. The smallest absolute Gasteiger partial charge is 0.137 e. The van der Waals surface area contributed by atoms with Gasteiger partial charge in [-0.25, -0.2) is 0 Å². The molecule has 0 amide bonds. The molecule has 0 atom stereocenters. The van der Waals surface area contributed by atoms with Crippen LogP contribution in [0.4, 0.5) is 0 Å². The van der Waals surface area contributed by atoms with Crippen LogP contribution in [0.25, 0.3) is 5.69 Å². The van der Waals surface area contributed by atoms with Crippen LogP contribution in [0.3, 0.4) is 0 Å². The van der Waals surface area contributed by atoms with Gasteiger partial charge < -0.3 is 0 Å². The number of nitrogens with zero attached hydrogens (tertiary/aromatic N) is 3. The highest BCUT2D eigenvalue weighted by Gasteiger charge is 2.01. The van der Waals surface area contributed by atoms with Crippen molar-refractivity contribution in [3.05, 3.63) is 42.5 Å². The fourth-order valence-electron chi connectivity index (χ4n) is 1.30. The van der Waals surface area contributed by atoms with E-state index in [4.69, 9.17) is 0 Å². The van der Waals surface area contributed by atoms with Gasteiger partial charge >= 0.3 is 0 Å². The number of aryl methyl sites for hydroxylation is 1. The number of hydrogen-bond donors (Lipinski definition) is 0. The number of hydrogen-bond acceptors (Lipinski definition) is 2. The molecule has 66 valence electrons. The zero-order chi connectivity index (χ0) is 9.10. The molecule has 1 heterocycles.